The third-order valence-electron chi connectivity index (χ3n) is 3.15. The summed E-state index contributed by atoms with van der Waals surface area (Å²) in [5.41, 5.74) is 2.94. The topological polar surface area (TPSA) is 46.2 Å². The fourth-order valence-electron chi connectivity index (χ4n) is 1.85. The van der Waals surface area contributed by atoms with Crippen molar-refractivity contribution in [3.63, 3.8) is 0 Å². The first-order chi connectivity index (χ1) is 9.40. The van der Waals surface area contributed by atoms with E-state index in [-0.39, 0.29) is 4.90 Å². The van der Waals surface area contributed by atoms with Crippen LogP contribution in [-0.2, 0) is 16.6 Å². The largest absolute Gasteiger partial charge is 0.240 e. The Kier molecular flexibility index (Phi) is 4.62. The van der Waals surface area contributed by atoms with E-state index >= 15 is 0 Å². The second kappa shape index (κ2) is 6.08. The number of sulfonamides is 1. The van der Waals surface area contributed by atoms with Gasteiger partial charge in [-0.25, -0.2) is 13.1 Å². The van der Waals surface area contributed by atoms with E-state index in [0.717, 1.165) is 21.2 Å². The Bertz CT molecular complexity index is 726. The zero-order chi connectivity index (χ0) is 14.8. The van der Waals surface area contributed by atoms with Crippen LogP contribution in [0.25, 0.3) is 0 Å². The van der Waals surface area contributed by atoms with E-state index in [1.54, 1.807) is 18.2 Å². The highest BCUT2D eigenvalue weighted by Gasteiger charge is 2.14. The van der Waals surface area contributed by atoms with Crippen LogP contribution in [0.4, 0.5) is 0 Å². The second-order valence-electron chi connectivity index (χ2n) is 4.66. The van der Waals surface area contributed by atoms with E-state index in [4.69, 9.17) is 0 Å². The fraction of sp³-hybridized carbons (Fsp3) is 0.200. The van der Waals surface area contributed by atoms with Crippen LogP contribution in [0.15, 0.2) is 51.8 Å². The molecule has 0 saturated heterocycles. The molecule has 0 aromatic heterocycles. The van der Waals surface area contributed by atoms with Crippen molar-refractivity contribution in [1.29, 1.82) is 0 Å². The number of hydrogen-bond acceptors (Lipinski definition) is 2. The van der Waals surface area contributed by atoms with Crippen molar-refractivity contribution in [2.75, 3.05) is 0 Å². The van der Waals surface area contributed by atoms with Gasteiger partial charge in [0.25, 0.3) is 0 Å². The van der Waals surface area contributed by atoms with E-state index in [1.807, 2.05) is 38.1 Å². The van der Waals surface area contributed by atoms with Crippen molar-refractivity contribution in [2.24, 2.45) is 0 Å². The van der Waals surface area contributed by atoms with Gasteiger partial charge in [-0.3, -0.25) is 0 Å². The first kappa shape index (κ1) is 15.2. The summed E-state index contributed by atoms with van der Waals surface area (Å²) in [6.45, 7) is 4.13. The molecule has 0 aliphatic rings. The molecular weight excluding hydrogens is 338 g/mol. The second-order valence-corrected chi connectivity index (χ2v) is 7.28. The Balaban J connectivity index is 2.19. The Morgan fingerprint density at radius 1 is 1.05 bits per heavy atom. The highest BCUT2D eigenvalue weighted by molar-refractivity contribution is 9.10. The van der Waals surface area contributed by atoms with Crippen LogP contribution in [0.1, 0.15) is 16.7 Å². The monoisotopic (exact) mass is 353 g/mol. The molecule has 0 heterocycles. The molecule has 0 fully saturated rings. The SMILES string of the molecule is Cc1cc(S(=O)(=O)NCc2ccccc2C)ccc1Br. The van der Waals surface area contributed by atoms with Crippen LogP contribution < -0.4 is 4.72 Å². The summed E-state index contributed by atoms with van der Waals surface area (Å²) in [5, 5.41) is 0. The van der Waals surface area contributed by atoms with Crippen molar-refractivity contribution in [3.05, 3.63) is 63.6 Å². The molecule has 0 amide bonds. The lowest BCUT2D eigenvalue weighted by Crippen LogP contribution is -2.23. The van der Waals surface area contributed by atoms with Gasteiger partial charge in [0, 0.05) is 11.0 Å². The zero-order valence-corrected chi connectivity index (χ0v) is 13.8. The first-order valence-corrected chi connectivity index (χ1v) is 8.48. The van der Waals surface area contributed by atoms with Crippen molar-refractivity contribution >= 4 is 26.0 Å². The molecule has 0 saturated carbocycles. The van der Waals surface area contributed by atoms with E-state index in [9.17, 15) is 8.42 Å². The molecule has 0 radical (unpaired) electrons. The van der Waals surface area contributed by atoms with Gasteiger partial charge in [-0.2, -0.15) is 0 Å². The molecule has 0 aliphatic heterocycles. The number of nitrogens with one attached hydrogen (secondary N) is 1. The third kappa shape index (κ3) is 3.48. The molecule has 0 spiro atoms. The minimum atomic E-state index is -3.49. The minimum absolute atomic E-state index is 0.284. The quantitative estimate of drug-likeness (QED) is 0.913. The number of halogens is 1. The third-order valence-corrected chi connectivity index (χ3v) is 5.44. The smallest absolute Gasteiger partial charge is 0.207 e. The van der Waals surface area contributed by atoms with Gasteiger partial charge in [0.05, 0.1) is 4.90 Å². The minimum Gasteiger partial charge on any atom is -0.207 e. The van der Waals surface area contributed by atoms with Crippen molar-refractivity contribution < 1.29 is 8.42 Å². The van der Waals surface area contributed by atoms with Gasteiger partial charge in [-0.1, -0.05) is 40.2 Å². The molecule has 0 bridgehead atoms. The maximum Gasteiger partial charge on any atom is 0.240 e. The Morgan fingerprint density at radius 3 is 2.40 bits per heavy atom. The standard InChI is InChI=1S/C15H16BrNO2S/c1-11-5-3-4-6-13(11)10-17-20(18,19)14-7-8-15(16)12(2)9-14/h3-9,17H,10H2,1-2H3. The fourth-order valence-corrected chi connectivity index (χ4v) is 3.19. The molecule has 20 heavy (non-hydrogen) atoms. The maximum atomic E-state index is 12.3. The summed E-state index contributed by atoms with van der Waals surface area (Å²) in [6.07, 6.45) is 0. The van der Waals surface area contributed by atoms with Gasteiger partial charge in [0.2, 0.25) is 10.0 Å². The average Bonchev–Trinajstić information content (AvgIpc) is 2.41. The van der Waals surface area contributed by atoms with E-state index in [0.29, 0.717) is 6.54 Å². The maximum absolute atomic E-state index is 12.3. The van der Waals surface area contributed by atoms with Crippen LogP contribution in [0.5, 0.6) is 0 Å². The molecule has 3 nitrogen and oxygen atoms in total. The number of hydrogen-bond donors (Lipinski definition) is 1. The van der Waals surface area contributed by atoms with Gasteiger partial charge in [0.1, 0.15) is 0 Å². The lowest BCUT2D eigenvalue weighted by atomic mass is 10.1. The first-order valence-electron chi connectivity index (χ1n) is 6.20. The zero-order valence-electron chi connectivity index (χ0n) is 11.4. The molecule has 0 atom stereocenters. The van der Waals surface area contributed by atoms with Crippen LogP contribution in [0, 0.1) is 13.8 Å². The number of benzene rings is 2. The summed E-state index contributed by atoms with van der Waals surface area (Å²) in [4.78, 5) is 0.284. The normalized spacial score (nSPS) is 11.6. The van der Waals surface area contributed by atoms with E-state index in [1.165, 1.54) is 0 Å². The van der Waals surface area contributed by atoms with Crippen LogP contribution in [0.3, 0.4) is 0 Å². The highest BCUT2D eigenvalue weighted by atomic mass is 79.9. The van der Waals surface area contributed by atoms with Gasteiger partial charge in [-0.05, 0) is 48.7 Å². The van der Waals surface area contributed by atoms with Crippen molar-refractivity contribution in [3.8, 4) is 0 Å². The van der Waals surface area contributed by atoms with E-state index in [2.05, 4.69) is 20.7 Å². The molecule has 0 unspecified atom stereocenters. The molecule has 2 rings (SSSR count). The Hall–Kier alpha value is -1.17. The van der Waals surface area contributed by atoms with Gasteiger partial charge in [-0.15, -0.1) is 0 Å². The van der Waals surface area contributed by atoms with Gasteiger partial charge < -0.3 is 0 Å². The van der Waals surface area contributed by atoms with E-state index < -0.39 is 10.0 Å². The predicted octanol–water partition coefficient (Wildman–Crippen LogP) is 3.54. The van der Waals surface area contributed by atoms with Crippen molar-refractivity contribution in [1.82, 2.24) is 4.72 Å². The molecule has 5 heteroatoms. The Labute approximate surface area is 128 Å². The van der Waals surface area contributed by atoms with Gasteiger partial charge in [0.15, 0.2) is 0 Å². The van der Waals surface area contributed by atoms with Crippen LogP contribution >= 0.6 is 15.9 Å². The molecule has 2 aromatic rings. The molecule has 0 aliphatic carbocycles. The lowest BCUT2D eigenvalue weighted by molar-refractivity contribution is 0.581. The predicted molar refractivity (Wildman–Crippen MR) is 84.1 cm³/mol. The molecule has 106 valence electrons. The molecule has 1 N–H and O–H groups in total. The van der Waals surface area contributed by atoms with Crippen LogP contribution in [-0.4, -0.2) is 8.42 Å². The Morgan fingerprint density at radius 2 is 1.75 bits per heavy atom. The summed E-state index contributed by atoms with van der Waals surface area (Å²) in [5.74, 6) is 0. The number of aryl methyl sites for hydroxylation is 2. The molecule has 2 aromatic carbocycles. The van der Waals surface area contributed by atoms with Crippen LogP contribution in [0.2, 0.25) is 0 Å². The average molecular weight is 354 g/mol. The summed E-state index contributed by atoms with van der Waals surface area (Å²) >= 11 is 3.37. The van der Waals surface area contributed by atoms with Crippen molar-refractivity contribution in [2.45, 2.75) is 25.3 Å². The number of rotatable bonds is 4. The summed E-state index contributed by atoms with van der Waals surface area (Å²) in [6, 6.07) is 12.7. The lowest BCUT2D eigenvalue weighted by Gasteiger charge is -2.10. The summed E-state index contributed by atoms with van der Waals surface area (Å²) in [7, 11) is -3.49. The van der Waals surface area contributed by atoms with Gasteiger partial charge >= 0.3 is 0 Å². The molecular formula is C15H16BrNO2S. The summed E-state index contributed by atoms with van der Waals surface area (Å²) < 4.78 is 28.0. The highest BCUT2D eigenvalue weighted by Crippen LogP contribution is 2.20.